The van der Waals surface area contributed by atoms with Crippen molar-refractivity contribution in [2.45, 2.75) is 19.1 Å². The number of pyridine rings is 1. The highest BCUT2D eigenvalue weighted by Gasteiger charge is 2.37. The fourth-order valence-electron chi connectivity index (χ4n) is 3.37. The molecule has 0 saturated heterocycles. The Labute approximate surface area is 175 Å². The number of hydrogen-bond donors (Lipinski definition) is 2. The summed E-state index contributed by atoms with van der Waals surface area (Å²) in [5.74, 6) is 0.364. The highest BCUT2D eigenvalue weighted by Crippen LogP contribution is 2.34. The quantitative estimate of drug-likeness (QED) is 0.778. The largest absolute Gasteiger partial charge is 0.481 e. The molecule has 1 unspecified atom stereocenters. The molecule has 3 heterocycles. The molecule has 0 fully saturated rings. The summed E-state index contributed by atoms with van der Waals surface area (Å²) in [6.07, 6.45) is -1.51. The third-order valence-corrected chi connectivity index (χ3v) is 4.77. The monoisotopic (exact) mass is 429 g/mol. The number of ether oxygens (including phenoxy) is 1. The first kappa shape index (κ1) is 20.6. The van der Waals surface area contributed by atoms with Crippen LogP contribution in [0.1, 0.15) is 18.1 Å². The number of nitrogens with one attached hydrogen (secondary N) is 2. The van der Waals surface area contributed by atoms with Crippen molar-refractivity contribution in [1.29, 1.82) is 0 Å². The summed E-state index contributed by atoms with van der Waals surface area (Å²) >= 11 is 0. The average molecular weight is 429 g/mol. The summed E-state index contributed by atoms with van der Waals surface area (Å²) < 4.78 is 45.4. The molecular formula is C21H18F3N5O2. The number of hydrazine groups is 1. The lowest BCUT2D eigenvalue weighted by Crippen LogP contribution is -2.34. The van der Waals surface area contributed by atoms with Gasteiger partial charge in [0.05, 0.1) is 30.0 Å². The molecular weight excluding hydrogens is 411 g/mol. The number of nitrogens with zero attached hydrogens (tertiary/aromatic N) is 3. The van der Waals surface area contributed by atoms with Crippen molar-refractivity contribution in [2.75, 3.05) is 12.4 Å². The second kappa shape index (κ2) is 7.88. The van der Waals surface area contributed by atoms with E-state index in [9.17, 15) is 18.0 Å². The van der Waals surface area contributed by atoms with Crippen molar-refractivity contribution in [3.05, 3.63) is 77.3 Å². The van der Waals surface area contributed by atoms with Gasteiger partial charge in [-0.25, -0.2) is 10.4 Å². The molecule has 31 heavy (non-hydrogen) atoms. The molecule has 2 N–H and O–H groups in total. The third-order valence-electron chi connectivity index (χ3n) is 4.77. The first-order valence-electron chi connectivity index (χ1n) is 9.33. The lowest BCUT2D eigenvalue weighted by molar-refractivity contribution is -0.137. The summed E-state index contributed by atoms with van der Waals surface area (Å²) in [5, 5.41) is 4.20. The van der Waals surface area contributed by atoms with E-state index in [-0.39, 0.29) is 28.5 Å². The summed E-state index contributed by atoms with van der Waals surface area (Å²) in [5.41, 5.74) is 2.58. The van der Waals surface area contributed by atoms with Gasteiger partial charge in [-0.05, 0) is 25.1 Å². The van der Waals surface area contributed by atoms with Crippen molar-refractivity contribution < 1.29 is 22.7 Å². The zero-order chi connectivity index (χ0) is 22.2. The maximum atomic E-state index is 13.4. The molecule has 2 aliphatic rings. The van der Waals surface area contributed by atoms with Gasteiger partial charge in [0.2, 0.25) is 5.88 Å². The van der Waals surface area contributed by atoms with Crippen LogP contribution >= 0.6 is 0 Å². The number of benzene rings is 1. The number of anilines is 1. The Balaban J connectivity index is 1.72. The molecule has 0 aliphatic carbocycles. The topological polar surface area (TPSA) is 78.8 Å². The molecule has 1 aromatic carbocycles. The summed E-state index contributed by atoms with van der Waals surface area (Å²) in [7, 11) is 1.46. The van der Waals surface area contributed by atoms with E-state index in [0.29, 0.717) is 5.88 Å². The van der Waals surface area contributed by atoms with Gasteiger partial charge in [-0.2, -0.15) is 18.2 Å². The normalized spacial score (nSPS) is 18.0. The van der Waals surface area contributed by atoms with Crippen LogP contribution in [0.25, 0.3) is 0 Å². The van der Waals surface area contributed by atoms with Crippen LogP contribution in [-0.2, 0) is 11.0 Å². The van der Waals surface area contributed by atoms with Gasteiger partial charge in [-0.15, -0.1) is 0 Å². The number of aliphatic imine (C=N–C) groups is 1. The number of carbonyl (C=O) groups excluding carboxylic acids is 1. The van der Waals surface area contributed by atoms with Crippen LogP contribution in [0.4, 0.5) is 19.0 Å². The number of aromatic nitrogens is 1. The van der Waals surface area contributed by atoms with Crippen LogP contribution in [0.2, 0.25) is 0 Å². The van der Waals surface area contributed by atoms with E-state index in [2.05, 4.69) is 20.7 Å². The van der Waals surface area contributed by atoms with Crippen molar-refractivity contribution in [2.24, 2.45) is 4.99 Å². The van der Waals surface area contributed by atoms with Gasteiger partial charge in [-0.3, -0.25) is 9.80 Å². The summed E-state index contributed by atoms with van der Waals surface area (Å²) in [6, 6.07) is 9.69. The van der Waals surface area contributed by atoms with E-state index in [4.69, 9.17) is 4.74 Å². The Hall–Kier alpha value is -3.66. The van der Waals surface area contributed by atoms with Crippen molar-refractivity contribution in [3.63, 3.8) is 0 Å². The van der Waals surface area contributed by atoms with Crippen molar-refractivity contribution in [1.82, 2.24) is 15.4 Å². The van der Waals surface area contributed by atoms with Crippen LogP contribution < -0.4 is 15.5 Å². The molecule has 0 bridgehead atoms. The fourth-order valence-corrected chi connectivity index (χ4v) is 3.37. The minimum Gasteiger partial charge on any atom is -0.481 e. The number of rotatable bonds is 4. The zero-order valence-corrected chi connectivity index (χ0v) is 16.6. The van der Waals surface area contributed by atoms with Gasteiger partial charge in [-0.1, -0.05) is 24.3 Å². The molecule has 7 nitrogen and oxygen atoms in total. The molecule has 0 radical (unpaired) electrons. The molecule has 160 valence electrons. The van der Waals surface area contributed by atoms with Crippen molar-refractivity contribution >= 4 is 17.4 Å². The molecule has 1 aromatic heterocycles. The predicted octanol–water partition coefficient (Wildman–Crippen LogP) is 3.48. The van der Waals surface area contributed by atoms with Gasteiger partial charge < -0.3 is 10.1 Å². The Morgan fingerprint density at radius 1 is 1.19 bits per heavy atom. The molecule has 1 amide bonds. The maximum Gasteiger partial charge on any atom is 0.417 e. The Morgan fingerprint density at radius 2 is 1.97 bits per heavy atom. The summed E-state index contributed by atoms with van der Waals surface area (Å²) in [4.78, 5) is 21.5. The Bertz CT molecular complexity index is 1120. The van der Waals surface area contributed by atoms with Crippen LogP contribution in [0.5, 0.6) is 5.88 Å². The molecule has 10 heteroatoms. The SMILES string of the molecule is COc1cccc(NC(=O)C2=C3N=C(c4ccccc4C(F)(F)F)C=CN3NC2C)n1. The molecule has 4 rings (SSSR count). The van der Waals surface area contributed by atoms with E-state index in [1.54, 1.807) is 31.3 Å². The first-order valence-corrected chi connectivity index (χ1v) is 9.33. The van der Waals surface area contributed by atoms with Crippen molar-refractivity contribution in [3.8, 4) is 5.88 Å². The van der Waals surface area contributed by atoms with Crippen LogP contribution in [0.3, 0.4) is 0 Å². The Morgan fingerprint density at radius 3 is 2.71 bits per heavy atom. The number of methoxy groups -OCH3 is 1. The van der Waals surface area contributed by atoms with E-state index < -0.39 is 23.7 Å². The number of allylic oxidation sites excluding steroid dienone is 1. The number of alkyl halides is 3. The van der Waals surface area contributed by atoms with Gasteiger partial charge in [0, 0.05) is 17.8 Å². The number of fused-ring (bicyclic) bond motifs is 1. The van der Waals surface area contributed by atoms with E-state index in [0.717, 1.165) is 6.07 Å². The van der Waals surface area contributed by atoms with Gasteiger partial charge in [0.15, 0.2) is 5.82 Å². The molecule has 0 spiro atoms. The van der Waals surface area contributed by atoms with Crippen LogP contribution in [0, 0.1) is 0 Å². The van der Waals surface area contributed by atoms with Gasteiger partial charge >= 0.3 is 6.18 Å². The highest BCUT2D eigenvalue weighted by molar-refractivity contribution is 6.12. The molecule has 0 saturated carbocycles. The number of amides is 1. The smallest absolute Gasteiger partial charge is 0.417 e. The van der Waals surface area contributed by atoms with Gasteiger partial charge in [0.1, 0.15) is 5.82 Å². The number of carbonyl (C=O) groups is 1. The maximum absolute atomic E-state index is 13.4. The third kappa shape index (κ3) is 4.02. The van der Waals surface area contributed by atoms with E-state index in [1.807, 2.05) is 0 Å². The van der Waals surface area contributed by atoms with E-state index in [1.165, 1.54) is 36.4 Å². The highest BCUT2D eigenvalue weighted by atomic mass is 19.4. The molecule has 2 aliphatic heterocycles. The first-order chi connectivity index (χ1) is 14.8. The zero-order valence-electron chi connectivity index (χ0n) is 16.6. The summed E-state index contributed by atoms with van der Waals surface area (Å²) in [6.45, 7) is 1.76. The van der Waals surface area contributed by atoms with Crippen LogP contribution in [-0.4, -0.2) is 34.8 Å². The molecule has 1 atom stereocenters. The average Bonchev–Trinajstić information content (AvgIpc) is 3.08. The lowest BCUT2D eigenvalue weighted by atomic mass is 10.0. The number of halogens is 3. The Kier molecular flexibility index (Phi) is 5.24. The minimum atomic E-state index is -4.53. The van der Waals surface area contributed by atoms with E-state index >= 15 is 0 Å². The number of hydrogen-bond acceptors (Lipinski definition) is 6. The van der Waals surface area contributed by atoms with Gasteiger partial charge in [0.25, 0.3) is 5.91 Å². The lowest BCUT2D eigenvalue weighted by Gasteiger charge is -2.21. The second-order valence-corrected chi connectivity index (χ2v) is 6.83. The second-order valence-electron chi connectivity index (χ2n) is 6.83. The predicted molar refractivity (Wildman–Crippen MR) is 108 cm³/mol. The fraction of sp³-hybridized carbons (Fsp3) is 0.190. The standard InChI is InChI=1S/C21H18F3N5O2/c1-12-18(20(30)27-16-8-5-9-17(26-16)31-2)19-25-15(10-11-29(19)28-12)13-6-3-4-7-14(13)21(22,23)24/h3-12,28H,1-2H3,(H,26,27,30). The molecule has 2 aromatic rings. The minimum absolute atomic E-state index is 0.0628. The van der Waals surface area contributed by atoms with Crippen LogP contribution in [0.15, 0.2) is 71.1 Å².